The minimum Gasteiger partial charge on any atom is -0.411 e. The zero-order valence-electron chi connectivity index (χ0n) is 16.3. The van der Waals surface area contributed by atoms with Gasteiger partial charge in [-0.3, -0.25) is 4.79 Å². The van der Waals surface area contributed by atoms with Crippen LogP contribution < -0.4 is 4.90 Å². The fourth-order valence-corrected chi connectivity index (χ4v) is 3.94. The van der Waals surface area contributed by atoms with Crippen LogP contribution in [0.4, 0.5) is 5.69 Å². The molecule has 0 atom stereocenters. The van der Waals surface area contributed by atoms with E-state index in [2.05, 4.69) is 49.2 Å². The number of hydrogen-bond acceptors (Lipinski definition) is 5. The molecule has 0 saturated heterocycles. The third kappa shape index (κ3) is 3.83. The molecule has 0 fully saturated rings. The molecule has 28 heavy (non-hydrogen) atoms. The van der Waals surface area contributed by atoms with Crippen molar-refractivity contribution in [3.05, 3.63) is 59.7 Å². The maximum Gasteiger partial charge on any atom is 0.277 e. The second kappa shape index (κ2) is 7.43. The van der Waals surface area contributed by atoms with Gasteiger partial charge in [-0.1, -0.05) is 62.9 Å². The number of thioether (sulfide) groups is 1. The van der Waals surface area contributed by atoms with E-state index in [0.29, 0.717) is 11.1 Å². The maximum absolute atomic E-state index is 12.6. The minimum absolute atomic E-state index is 0.0595. The van der Waals surface area contributed by atoms with Gasteiger partial charge in [0, 0.05) is 17.8 Å². The topological polar surface area (TPSA) is 59.2 Å². The van der Waals surface area contributed by atoms with Crippen LogP contribution in [-0.2, 0) is 16.6 Å². The number of rotatable bonds is 4. The normalized spacial score (nSPS) is 13.6. The van der Waals surface area contributed by atoms with Crippen molar-refractivity contribution in [1.29, 1.82) is 0 Å². The highest BCUT2D eigenvalue weighted by molar-refractivity contribution is 7.99. The molecule has 1 aromatic heterocycles. The van der Waals surface area contributed by atoms with E-state index in [1.807, 2.05) is 35.2 Å². The van der Waals surface area contributed by atoms with E-state index in [9.17, 15) is 4.79 Å². The van der Waals surface area contributed by atoms with Crippen LogP contribution in [0.5, 0.6) is 0 Å². The number of anilines is 1. The van der Waals surface area contributed by atoms with Gasteiger partial charge in [0.1, 0.15) is 0 Å². The van der Waals surface area contributed by atoms with E-state index in [4.69, 9.17) is 4.42 Å². The van der Waals surface area contributed by atoms with Gasteiger partial charge in [0.25, 0.3) is 5.22 Å². The molecule has 1 aliphatic heterocycles. The molecular formula is C22H23N3O2S. The molecule has 144 valence electrons. The van der Waals surface area contributed by atoms with E-state index in [1.165, 1.54) is 22.9 Å². The fraction of sp³-hybridized carbons (Fsp3) is 0.318. The fourth-order valence-electron chi connectivity index (χ4n) is 3.30. The van der Waals surface area contributed by atoms with E-state index in [-0.39, 0.29) is 17.1 Å². The molecule has 0 saturated carbocycles. The summed E-state index contributed by atoms with van der Waals surface area (Å²) in [5.74, 6) is 0.810. The molecule has 0 aliphatic carbocycles. The summed E-state index contributed by atoms with van der Waals surface area (Å²) in [6, 6.07) is 16.2. The Balaban J connectivity index is 1.40. The average molecular weight is 394 g/mol. The minimum atomic E-state index is 0.0595. The van der Waals surface area contributed by atoms with Crippen molar-refractivity contribution < 1.29 is 9.21 Å². The van der Waals surface area contributed by atoms with Gasteiger partial charge >= 0.3 is 0 Å². The molecule has 1 aliphatic rings. The molecule has 2 aromatic carbocycles. The van der Waals surface area contributed by atoms with E-state index in [0.717, 1.165) is 24.2 Å². The smallest absolute Gasteiger partial charge is 0.277 e. The lowest BCUT2D eigenvalue weighted by molar-refractivity contribution is -0.116. The highest BCUT2D eigenvalue weighted by atomic mass is 32.2. The molecule has 3 aromatic rings. The summed E-state index contributed by atoms with van der Waals surface area (Å²) in [5.41, 5.74) is 4.47. The number of carbonyl (C=O) groups excluding carboxylic acids is 1. The van der Waals surface area contributed by atoms with Gasteiger partial charge in [-0.25, -0.2) is 0 Å². The zero-order valence-corrected chi connectivity index (χ0v) is 17.1. The van der Waals surface area contributed by atoms with Gasteiger partial charge < -0.3 is 9.32 Å². The largest absolute Gasteiger partial charge is 0.411 e. The average Bonchev–Trinajstić information content (AvgIpc) is 3.33. The second-order valence-electron chi connectivity index (χ2n) is 7.91. The number of hydrogen-bond donors (Lipinski definition) is 0. The first kappa shape index (κ1) is 18.7. The number of benzene rings is 2. The number of nitrogens with zero attached hydrogens (tertiary/aromatic N) is 3. The van der Waals surface area contributed by atoms with Crippen LogP contribution in [0.2, 0.25) is 0 Å². The van der Waals surface area contributed by atoms with Gasteiger partial charge in [0.15, 0.2) is 0 Å². The first-order valence-electron chi connectivity index (χ1n) is 9.37. The predicted octanol–water partition coefficient (Wildman–Crippen LogP) is 4.72. The number of aromatic nitrogens is 2. The summed E-state index contributed by atoms with van der Waals surface area (Å²) in [7, 11) is 0. The monoisotopic (exact) mass is 393 g/mol. The van der Waals surface area contributed by atoms with Crippen LogP contribution in [-0.4, -0.2) is 28.4 Å². The Morgan fingerprint density at radius 2 is 1.86 bits per heavy atom. The molecule has 0 bridgehead atoms. The molecule has 0 spiro atoms. The van der Waals surface area contributed by atoms with Crippen LogP contribution in [0, 0.1) is 0 Å². The summed E-state index contributed by atoms with van der Waals surface area (Å²) in [5, 5.41) is 8.62. The molecule has 2 heterocycles. The van der Waals surface area contributed by atoms with Crippen LogP contribution in [0.3, 0.4) is 0 Å². The van der Waals surface area contributed by atoms with Gasteiger partial charge in [-0.15, -0.1) is 10.2 Å². The maximum atomic E-state index is 12.6. The number of fused-ring (bicyclic) bond motifs is 1. The summed E-state index contributed by atoms with van der Waals surface area (Å²) in [6.45, 7) is 7.27. The van der Waals surface area contributed by atoms with Gasteiger partial charge in [-0.05, 0) is 41.2 Å². The van der Waals surface area contributed by atoms with Crippen molar-refractivity contribution in [2.45, 2.75) is 37.8 Å². The lowest BCUT2D eigenvalue weighted by atomic mass is 9.87. The molecule has 0 radical (unpaired) electrons. The predicted molar refractivity (Wildman–Crippen MR) is 112 cm³/mol. The molecule has 0 N–H and O–H groups in total. The summed E-state index contributed by atoms with van der Waals surface area (Å²) in [6.07, 6.45) is 0.905. The Morgan fingerprint density at radius 3 is 2.61 bits per heavy atom. The summed E-state index contributed by atoms with van der Waals surface area (Å²) >= 11 is 1.28. The molecular weight excluding hydrogens is 370 g/mol. The molecule has 6 heteroatoms. The third-order valence-corrected chi connectivity index (χ3v) is 5.71. The van der Waals surface area contributed by atoms with E-state index < -0.39 is 0 Å². The molecule has 0 unspecified atom stereocenters. The van der Waals surface area contributed by atoms with Gasteiger partial charge in [0.05, 0.1) is 5.75 Å². The summed E-state index contributed by atoms with van der Waals surface area (Å²) < 4.78 is 5.75. The van der Waals surface area contributed by atoms with Gasteiger partial charge in [0.2, 0.25) is 11.8 Å². The van der Waals surface area contributed by atoms with Crippen LogP contribution >= 0.6 is 11.8 Å². The van der Waals surface area contributed by atoms with Crippen molar-refractivity contribution >= 4 is 23.4 Å². The highest BCUT2D eigenvalue weighted by Gasteiger charge is 2.24. The summed E-state index contributed by atoms with van der Waals surface area (Å²) in [4.78, 5) is 14.4. The Hall–Kier alpha value is -2.60. The van der Waals surface area contributed by atoms with Crippen molar-refractivity contribution in [3.8, 4) is 11.5 Å². The van der Waals surface area contributed by atoms with Crippen LogP contribution in [0.25, 0.3) is 11.5 Å². The van der Waals surface area contributed by atoms with Crippen LogP contribution in [0.15, 0.2) is 58.2 Å². The zero-order chi connectivity index (χ0) is 19.7. The molecule has 4 rings (SSSR count). The second-order valence-corrected chi connectivity index (χ2v) is 8.84. The van der Waals surface area contributed by atoms with E-state index in [1.54, 1.807) is 0 Å². The lowest BCUT2D eigenvalue weighted by Crippen LogP contribution is -2.30. The Bertz CT molecular complexity index is 990. The van der Waals surface area contributed by atoms with Crippen molar-refractivity contribution in [2.24, 2.45) is 0 Å². The quantitative estimate of drug-likeness (QED) is 0.601. The van der Waals surface area contributed by atoms with Crippen LogP contribution in [0.1, 0.15) is 31.9 Å². The Morgan fingerprint density at radius 1 is 1.11 bits per heavy atom. The molecule has 5 nitrogen and oxygen atoms in total. The third-order valence-electron chi connectivity index (χ3n) is 4.91. The van der Waals surface area contributed by atoms with Crippen molar-refractivity contribution in [3.63, 3.8) is 0 Å². The first-order chi connectivity index (χ1) is 13.4. The highest BCUT2D eigenvalue weighted by Crippen LogP contribution is 2.30. The Labute approximate surface area is 169 Å². The first-order valence-corrected chi connectivity index (χ1v) is 10.4. The lowest BCUT2D eigenvalue weighted by Gasteiger charge is -2.18. The number of amides is 1. The number of para-hydroxylation sites is 1. The van der Waals surface area contributed by atoms with E-state index >= 15 is 0 Å². The molecule has 1 amide bonds. The van der Waals surface area contributed by atoms with Crippen molar-refractivity contribution in [2.75, 3.05) is 17.2 Å². The number of carbonyl (C=O) groups is 1. The SMILES string of the molecule is CC(C)(C)c1ccc(-c2nnc(SCC(=O)N3CCc4ccccc43)o2)cc1. The van der Waals surface area contributed by atoms with Crippen molar-refractivity contribution in [1.82, 2.24) is 10.2 Å². The Kier molecular flexibility index (Phi) is 4.98. The standard InChI is InChI=1S/C22H23N3O2S/c1-22(2,3)17-10-8-16(9-11-17)20-23-24-21(27-20)28-14-19(26)25-13-12-15-6-4-5-7-18(15)25/h4-11H,12-14H2,1-3H3. The van der Waals surface area contributed by atoms with Gasteiger partial charge in [-0.2, -0.15) is 0 Å².